The van der Waals surface area contributed by atoms with Gasteiger partial charge in [-0.25, -0.2) is 0 Å². The first kappa shape index (κ1) is 20.0. The summed E-state index contributed by atoms with van der Waals surface area (Å²) in [5, 5.41) is 6.98. The first-order valence-electron chi connectivity index (χ1n) is 10.3. The van der Waals surface area contributed by atoms with Crippen LogP contribution in [0.15, 0.2) is 35.3 Å². The summed E-state index contributed by atoms with van der Waals surface area (Å²) < 4.78 is 11.4. The van der Waals surface area contributed by atoms with Gasteiger partial charge < -0.3 is 20.1 Å². The monoisotopic (exact) mass is 374 g/mol. The van der Waals surface area contributed by atoms with Gasteiger partial charge in [-0.2, -0.15) is 0 Å². The minimum atomic E-state index is 0.211. The molecule has 27 heavy (non-hydrogen) atoms. The lowest BCUT2D eigenvalue weighted by Gasteiger charge is -2.45. The van der Waals surface area contributed by atoms with E-state index in [1.807, 2.05) is 37.4 Å². The van der Waals surface area contributed by atoms with Gasteiger partial charge in [-0.1, -0.05) is 18.2 Å². The van der Waals surface area contributed by atoms with Crippen molar-refractivity contribution in [2.24, 2.45) is 4.99 Å². The van der Waals surface area contributed by atoms with Gasteiger partial charge >= 0.3 is 0 Å². The fraction of sp³-hybridized carbons (Fsp3) is 0.667. The number of hydrogen-bond acceptors (Lipinski definition) is 4. The number of nitrogens with zero attached hydrogens (tertiary/aromatic N) is 2. The van der Waals surface area contributed by atoms with E-state index in [0.717, 1.165) is 57.3 Å². The van der Waals surface area contributed by atoms with E-state index in [1.54, 1.807) is 0 Å². The number of likely N-dealkylation sites (tertiary alicyclic amines) is 1. The topological polar surface area (TPSA) is 58.1 Å². The number of para-hydroxylation sites is 1. The Morgan fingerprint density at radius 1 is 1.15 bits per heavy atom. The molecule has 0 atom stereocenters. The van der Waals surface area contributed by atoms with Gasteiger partial charge in [0.05, 0.1) is 6.61 Å². The molecule has 3 rings (SSSR count). The zero-order chi connectivity index (χ0) is 18.8. The molecule has 2 aliphatic rings. The minimum Gasteiger partial charge on any atom is -0.494 e. The second-order valence-electron chi connectivity index (χ2n) is 7.40. The minimum absolute atomic E-state index is 0.211. The molecule has 0 unspecified atom stereocenters. The Bertz CT molecular complexity index is 567. The summed E-state index contributed by atoms with van der Waals surface area (Å²) in [6, 6.07) is 9.95. The largest absolute Gasteiger partial charge is 0.494 e. The summed E-state index contributed by atoms with van der Waals surface area (Å²) in [6.07, 6.45) is 5.76. The molecule has 150 valence electrons. The molecular weight excluding hydrogens is 340 g/mol. The Kier molecular flexibility index (Phi) is 7.78. The fourth-order valence-electron chi connectivity index (χ4n) is 4.00. The van der Waals surface area contributed by atoms with E-state index < -0.39 is 0 Å². The maximum atomic E-state index is 5.74. The number of aliphatic imine (C=N–C) groups is 1. The number of hydrogen-bond donors (Lipinski definition) is 2. The molecule has 0 aromatic heterocycles. The highest BCUT2D eigenvalue weighted by Crippen LogP contribution is 2.30. The zero-order valence-corrected chi connectivity index (χ0v) is 16.6. The third kappa shape index (κ3) is 5.84. The van der Waals surface area contributed by atoms with Crippen molar-refractivity contribution < 1.29 is 9.47 Å². The molecule has 0 spiro atoms. The van der Waals surface area contributed by atoms with Crippen molar-refractivity contribution >= 4 is 5.96 Å². The van der Waals surface area contributed by atoms with Crippen LogP contribution in [0.25, 0.3) is 0 Å². The van der Waals surface area contributed by atoms with E-state index in [-0.39, 0.29) is 5.54 Å². The van der Waals surface area contributed by atoms with E-state index in [9.17, 15) is 0 Å². The van der Waals surface area contributed by atoms with Crippen molar-refractivity contribution in [3.63, 3.8) is 0 Å². The number of guanidine groups is 1. The Labute approximate surface area is 163 Å². The van der Waals surface area contributed by atoms with E-state index in [1.165, 1.54) is 25.9 Å². The molecule has 0 radical (unpaired) electrons. The molecule has 2 fully saturated rings. The Balaban J connectivity index is 1.39. The summed E-state index contributed by atoms with van der Waals surface area (Å²) in [5.74, 6) is 1.80. The Morgan fingerprint density at radius 2 is 1.89 bits per heavy atom. The van der Waals surface area contributed by atoms with Gasteiger partial charge in [-0.15, -0.1) is 0 Å². The molecule has 0 aliphatic carbocycles. The molecule has 2 N–H and O–H groups in total. The average Bonchev–Trinajstić information content (AvgIpc) is 3.27. The normalized spacial score (nSPS) is 20.4. The van der Waals surface area contributed by atoms with E-state index >= 15 is 0 Å². The van der Waals surface area contributed by atoms with Crippen LogP contribution >= 0.6 is 0 Å². The van der Waals surface area contributed by atoms with Crippen LogP contribution in [-0.2, 0) is 4.74 Å². The molecule has 0 saturated carbocycles. The van der Waals surface area contributed by atoms with E-state index in [2.05, 4.69) is 20.5 Å². The van der Waals surface area contributed by atoms with Crippen molar-refractivity contribution in [1.29, 1.82) is 0 Å². The summed E-state index contributed by atoms with van der Waals surface area (Å²) in [5.41, 5.74) is 0.211. The smallest absolute Gasteiger partial charge is 0.191 e. The number of rotatable bonds is 8. The third-order valence-electron chi connectivity index (χ3n) is 5.63. The van der Waals surface area contributed by atoms with Gasteiger partial charge in [0.25, 0.3) is 0 Å². The average molecular weight is 375 g/mol. The van der Waals surface area contributed by atoms with Gasteiger partial charge in [0.1, 0.15) is 5.75 Å². The predicted octanol–water partition coefficient (Wildman–Crippen LogP) is 2.27. The van der Waals surface area contributed by atoms with Gasteiger partial charge in [0, 0.05) is 38.9 Å². The van der Waals surface area contributed by atoms with Crippen molar-refractivity contribution in [2.75, 3.05) is 53.0 Å². The van der Waals surface area contributed by atoms with Crippen molar-refractivity contribution in [1.82, 2.24) is 15.5 Å². The molecule has 6 heteroatoms. The summed E-state index contributed by atoms with van der Waals surface area (Å²) >= 11 is 0. The highest BCUT2D eigenvalue weighted by molar-refractivity contribution is 5.79. The molecule has 0 amide bonds. The first-order chi connectivity index (χ1) is 13.3. The second-order valence-corrected chi connectivity index (χ2v) is 7.40. The molecule has 0 bridgehead atoms. The van der Waals surface area contributed by atoms with Gasteiger partial charge in [0.2, 0.25) is 0 Å². The Morgan fingerprint density at radius 3 is 2.59 bits per heavy atom. The van der Waals surface area contributed by atoms with Crippen LogP contribution in [0.2, 0.25) is 0 Å². The van der Waals surface area contributed by atoms with Crippen LogP contribution in [0.4, 0.5) is 0 Å². The quantitative estimate of drug-likeness (QED) is 0.415. The van der Waals surface area contributed by atoms with Crippen LogP contribution in [0.3, 0.4) is 0 Å². The SMILES string of the molecule is CN=C(NCCCOc1ccccc1)NCC1(N2CCCC2)CCOCC1. The van der Waals surface area contributed by atoms with Crippen molar-refractivity contribution in [3.05, 3.63) is 30.3 Å². The van der Waals surface area contributed by atoms with Crippen molar-refractivity contribution in [3.8, 4) is 5.75 Å². The lowest BCUT2D eigenvalue weighted by Crippen LogP contribution is -2.58. The van der Waals surface area contributed by atoms with Gasteiger partial charge in [-0.05, 0) is 57.3 Å². The van der Waals surface area contributed by atoms with Crippen LogP contribution in [0.1, 0.15) is 32.1 Å². The molecule has 6 nitrogen and oxygen atoms in total. The summed E-state index contributed by atoms with van der Waals surface area (Å²) in [6.45, 7) is 6.61. The van der Waals surface area contributed by atoms with Crippen molar-refractivity contribution in [2.45, 2.75) is 37.6 Å². The molecule has 1 aromatic carbocycles. The summed E-state index contributed by atoms with van der Waals surface area (Å²) in [7, 11) is 1.84. The highest BCUT2D eigenvalue weighted by Gasteiger charge is 2.39. The Hall–Kier alpha value is -1.79. The lowest BCUT2D eigenvalue weighted by atomic mass is 9.88. The van der Waals surface area contributed by atoms with Crippen LogP contribution in [-0.4, -0.2) is 69.4 Å². The molecule has 2 aliphatic heterocycles. The molecule has 2 heterocycles. The maximum Gasteiger partial charge on any atom is 0.191 e. The first-order valence-corrected chi connectivity index (χ1v) is 10.3. The molecular formula is C21H34N4O2. The standard InChI is InChI=1S/C21H34N4O2/c1-22-20(23-12-7-15-27-19-8-3-2-4-9-19)24-18-21(10-16-26-17-11-21)25-13-5-6-14-25/h2-4,8-9H,5-7,10-18H2,1H3,(H2,22,23,24). The van der Waals surface area contributed by atoms with Crippen LogP contribution in [0, 0.1) is 0 Å². The predicted molar refractivity (Wildman–Crippen MR) is 110 cm³/mol. The third-order valence-corrected chi connectivity index (χ3v) is 5.63. The molecule has 1 aromatic rings. The van der Waals surface area contributed by atoms with Gasteiger partial charge in [0.15, 0.2) is 5.96 Å². The summed E-state index contributed by atoms with van der Waals surface area (Å²) in [4.78, 5) is 7.06. The molecule has 2 saturated heterocycles. The van der Waals surface area contributed by atoms with Crippen LogP contribution < -0.4 is 15.4 Å². The number of nitrogens with one attached hydrogen (secondary N) is 2. The van der Waals surface area contributed by atoms with Gasteiger partial charge in [-0.3, -0.25) is 9.89 Å². The van der Waals surface area contributed by atoms with E-state index in [4.69, 9.17) is 9.47 Å². The van der Waals surface area contributed by atoms with Crippen LogP contribution in [0.5, 0.6) is 5.75 Å². The number of benzene rings is 1. The zero-order valence-electron chi connectivity index (χ0n) is 16.6. The fourth-order valence-corrected chi connectivity index (χ4v) is 4.00. The lowest BCUT2D eigenvalue weighted by molar-refractivity contribution is -0.0164. The highest BCUT2D eigenvalue weighted by atomic mass is 16.5. The van der Waals surface area contributed by atoms with E-state index in [0.29, 0.717) is 6.61 Å². The maximum absolute atomic E-state index is 5.74. The second kappa shape index (κ2) is 10.5. The number of ether oxygens (including phenoxy) is 2.